The van der Waals surface area contributed by atoms with Crippen molar-refractivity contribution in [1.29, 1.82) is 0 Å². The van der Waals surface area contributed by atoms with Crippen molar-refractivity contribution in [2.45, 2.75) is 44.8 Å². The lowest BCUT2D eigenvalue weighted by atomic mass is 9.79. The minimum atomic E-state index is -5.08. The number of furan rings is 1. The molecule has 16 heteroatoms. The Morgan fingerprint density at radius 2 is 1.70 bits per heavy atom. The number of carbonyl (C=O) groups excluding carboxylic acids is 1. The predicted molar refractivity (Wildman–Crippen MR) is 125 cm³/mol. The van der Waals surface area contributed by atoms with Gasteiger partial charge in [0, 0.05) is 49.8 Å². The summed E-state index contributed by atoms with van der Waals surface area (Å²) in [7, 11) is 0. The molecule has 0 saturated carbocycles. The average molecular weight is 583 g/mol. The Morgan fingerprint density at radius 1 is 1.07 bits per heavy atom. The minimum absolute atomic E-state index is 0.0273. The highest BCUT2D eigenvalue weighted by Crippen LogP contribution is 2.34. The number of aromatic nitrogens is 1. The van der Waals surface area contributed by atoms with Gasteiger partial charge < -0.3 is 24.7 Å². The molecule has 2 fully saturated rings. The fourth-order valence-corrected chi connectivity index (χ4v) is 4.14. The standard InChI is InChI=1S/C20H25N3O3.2C2HF3O2/c1-14-18(3-2-7-21-14)22-20(24)16-6-10-26-19-4-8-23(12-17(16)19)11-15-5-9-25-13-15;2*3-2(4,5)1(6)7/h2-3,5,7,9,13,16-17,19H,4,6,8,10-12H2,1H3,(H,22,24);2*(H,6,7)/t16-,17+,19-;;/m1../s1. The van der Waals surface area contributed by atoms with Crippen molar-refractivity contribution in [3.05, 3.63) is 48.2 Å². The molecule has 2 aromatic heterocycles. The molecule has 0 aliphatic carbocycles. The number of pyridine rings is 1. The number of halogens is 6. The van der Waals surface area contributed by atoms with E-state index in [2.05, 4.69) is 15.2 Å². The maximum atomic E-state index is 13.0. The molecule has 0 bridgehead atoms. The zero-order chi connectivity index (χ0) is 30.1. The number of carboxylic acids is 2. The van der Waals surface area contributed by atoms with Gasteiger partial charge in [0.15, 0.2) is 0 Å². The van der Waals surface area contributed by atoms with Crippen LogP contribution < -0.4 is 5.32 Å². The average Bonchev–Trinajstić information content (AvgIpc) is 3.37. The molecular weight excluding hydrogens is 556 g/mol. The molecule has 3 atom stereocenters. The monoisotopic (exact) mass is 583 g/mol. The van der Waals surface area contributed by atoms with Crippen LogP contribution in [0.4, 0.5) is 32.0 Å². The number of carboxylic acid groups (broad SMARTS) is 2. The predicted octanol–water partition coefficient (Wildman–Crippen LogP) is 4.12. The van der Waals surface area contributed by atoms with E-state index < -0.39 is 24.3 Å². The molecule has 222 valence electrons. The van der Waals surface area contributed by atoms with Gasteiger partial charge in [-0.3, -0.25) is 14.7 Å². The summed E-state index contributed by atoms with van der Waals surface area (Å²) >= 11 is 0. The number of piperidine rings is 1. The summed E-state index contributed by atoms with van der Waals surface area (Å²) in [4.78, 5) is 37.4. The summed E-state index contributed by atoms with van der Waals surface area (Å²) in [6.07, 6.45) is -3.01. The van der Waals surface area contributed by atoms with E-state index in [4.69, 9.17) is 29.0 Å². The summed E-state index contributed by atoms with van der Waals surface area (Å²) in [5.74, 6) is -5.23. The molecular formula is C24H27F6N3O7. The zero-order valence-corrected chi connectivity index (χ0v) is 21.0. The highest BCUT2D eigenvalue weighted by molar-refractivity contribution is 5.93. The molecule has 2 aromatic rings. The van der Waals surface area contributed by atoms with E-state index in [0.717, 1.165) is 43.9 Å². The third kappa shape index (κ3) is 10.1. The second-order valence-corrected chi connectivity index (χ2v) is 8.86. The third-order valence-corrected chi connectivity index (χ3v) is 6.03. The third-order valence-electron chi connectivity index (χ3n) is 6.03. The first kappa shape index (κ1) is 32.6. The molecule has 4 rings (SSSR count). The van der Waals surface area contributed by atoms with E-state index in [1.165, 1.54) is 5.56 Å². The fourth-order valence-electron chi connectivity index (χ4n) is 4.14. The number of hydrogen-bond donors (Lipinski definition) is 3. The van der Waals surface area contributed by atoms with E-state index in [1.807, 2.05) is 25.1 Å². The first-order chi connectivity index (χ1) is 18.6. The van der Waals surface area contributed by atoms with Crippen LogP contribution in [0, 0.1) is 18.8 Å². The number of rotatable bonds is 4. The normalized spacial score (nSPS) is 21.0. The summed E-state index contributed by atoms with van der Waals surface area (Å²) in [6, 6.07) is 5.75. The van der Waals surface area contributed by atoms with Crippen molar-refractivity contribution in [2.75, 3.05) is 25.0 Å². The van der Waals surface area contributed by atoms with Gasteiger partial charge in [0.05, 0.1) is 30.0 Å². The van der Waals surface area contributed by atoms with Crippen LogP contribution >= 0.6 is 0 Å². The smallest absolute Gasteiger partial charge is 0.475 e. The molecule has 3 N–H and O–H groups in total. The van der Waals surface area contributed by atoms with Crippen molar-refractivity contribution < 1.29 is 60.1 Å². The highest BCUT2D eigenvalue weighted by atomic mass is 19.4. The molecule has 2 aliphatic heterocycles. The molecule has 0 spiro atoms. The summed E-state index contributed by atoms with van der Waals surface area (Å²) < 4.78 is 74.6. The van der Waals surface area contributed by atoms with Crippen molar-refractivity contribution in [1.82, 2.24) is 9.88 Å². The molecule has 0 unspecified atom stereocenters. The van der Waals surface area contributed by atoms with E-state index in [9.17, 15) is 31.1 Å². The van der Waals surface area contributed by atoms with E-state index >= 15 is 0 Å². The van der Waals surface area contributed by atoms with Gasteiger partial charge in [0.25, 0.3) is 0 Å². The number of nitrogens with zero attached hydrogens (tertiary/aromatic N) is 2. The molecule has 40 heavy (non-hydrogen) atoms. The fraction of sp³-hybridized carbons (Fsp3) is 0.500. The molecule has 1 amide bonds. The lowest BCUT2D eigenvalue weighted by molar-refractivity contribution is -0.193. The number of aryl methyl sites for hydroxylation is 1. The van der Waals surface area contributed by atoms with Crippen LogP contribution in [-0.2, 0) is 25.7 Å². The SMILES string of the molecule is Cc1ncccc1NC(=O)[C@@H]1CCO[C@@H]2CCN(Cc3ccoc3)C[C@H]21.O=C(O)C(F)(F)F.O=C(O)C(F)(F)F. The van der Waals surface area contributed by atoms with Crippen LogP contribution in [0.5, 0.6) is 0 Å². The molecule has 10 nitrogen and oxygen atoms in total. The maximum Gasteiger partial charge on any atom is 0.490 e. The number of fused-ring (bicyclic) bond motifs is 1. The number of hydrogen-bond acceptors (Lipinski definition) is 7. The Bertz CT molecular complexity index is 1100. The Kier molecular flexibility index (Phi) is 11.5. The Hall–Kier alpha value is -3.66. The first-order valence-electron chi connectivity index (χ1n) is 11.8. The van der Waals surface area contributed by atoms with Gasteiger partial charge in [0.1, 0.15) is 0 Å². The van der Waals surface area contributed by atoms with Gasteiger partial charge in [-0.25, -0.2) is 9.59 Å². The number of ether oxygens (including phenoxy) is 1. The number of anilines is 1. The quantitative estimate of drug-likeness (QED) is 0.453. The Labute approximate surface area is 223 Å². The Balaban J connectivity index is 0.000000333. The van der Waals surface area contributed by atoms with E-state index in [1.54, 1.807) is 18.7 Å². The van der Waals surface area contributed by atoms with Gasteiger partial charge in [0.2, 0.25) is 5.91 Å². The number of likely N-dealkylation sites (tertiary alicyclic amines) is 1. The molecule has 0 aromatic carbocycles. The van der Waals surface area contributed by atoms with Gasteiger partial charge in [-0.15, -0.1) is 0 Å². The van der Waals surface area contributed by atoms with Crippen molar-refractivity contribution >= 4 is 23.5 Å². The maximum absolute atomic E-state index is 13.0. The lowest BCUT2D eigenvalue weighted by Gasteiger charge is -2.44. The number of alkyl halides is 6. The number of amides is 1. The summed E-state index contributed by atoms with van der Waals surface area (Å²) in [5, 5.41) is 17.3. The van der Waals surface area contributed by atoms with Crippen LogP contribution in [0.2, 0.25) is 0 Å². The van der Waals surface area contributed by atoms with Gasteiger partial charge in [-0.2, -0.15) is 26.3 Å². The summed E-state index contributed by atoms with van der Waals surface area (Å²) in [6.45, 7) is 5.29. The second-order valence-electron chi connectivity index (χ2n) is 8.86. The first-order valence-corrected chi connectivity index (χ1v) is 11.8. The lowest BCUT2D eigenvalue weighted by Crippen LogP contribution is -2.52. The van der Waals surface area contributed by atoms with Gasteiger partial charge >= 0.3 is 24.3 Å². The van der Waals surface area contributed by atoms with Crippen molar-refractivity contribution in [3.8, 4) is 0 Å². The Morgan fingerprint density at radius 3 is 2.23 bits per heavy atom. The van der Waals surface area contributed by atoms with Crippen LogP contribution in [0.25, 0.3) is 0 Å². The highest BCUT2D eigenvalue weighted by Gasteiger charge is 2.42. The second kappa shape index (κ2) is 14.1. The van der Waals surface area contributed by atoms with Crippen molar-refractivity contribution in [3.63, 3.8) is 0 Å². The van der Waals surface area contributed by atoms with Gasteiger partial charge in [-0.1, -0.05) is 0 Å². The topological polar surface area (TPSA) is 142 Å². The van der Waals surface area contributed by atoms with E-state index in [-0.39, 0.29) is 23.8 Å². The number of aliphatic carboxylic acids is 2. The minimum Gasteiger partial charge on any atom is -0.475 e. The zero-order valence-electron chi connectivity index (χ0n) is 21.0. The van der Waals surface area contributed by atoms with Crippen LogP contribution in [0.3, 0.4) is 0 Å². The van der Waals surface area contributed by atoms with Crippen LogP contribution in [-0.4, -0.2) is 76.1 Å². The van der Waals surface area contributed by atoms with Gasteiger partial charge in [-0.05, 0) is 38.0 Å². The largest absolute Gasteiger partial charge is 0.490 e. The van der Waals surface area contributed by atoms with Crippen LogP contribution in [0.1, 0.15) is 24.1 Å². The molecule has 4 heterocycles. The van der Waals surface area contributed by atoms with E-state index in [0.29, 0.717) is 6.61 Å². The van der Waals surface area contributed by atoms with Crippen molar-refractivity contribution in [2.24, 2.45) is 11.8 Å². The molecule has 2 saturated heterocycles. The molecule has 0 radical (unpaired) electrons. The summed E-state index contributed by atoms with van der Waals surface area (Å²) in [5.41, 5.74) is 2.81. The van der Waals surface area contributed by atoms with Crippen LogP contribution in [0.15, 0.2) is 41.3 Å². The number of carbonyl (C=O) groups is 3. The molecule has 2 aliphatic rings. The number of nitrogens with one attached hydrogen (secondary N) is 1.